The molecule has 1 rings (SSSR count). The van der Waals surface area contributed by atoms with Crippen LogP contribution >= 0.6 is 15.9 Å². The monoisotopic (exact) mass is 262 g/mol. The second kappa shape index (κ2) is 4.41. The van der Waals surface area contributed by atoms with E-state index < -0.39 is 17.3 Å². The van der Waals surface area contributed by atoms with E-state index in [1.54, 1.807) is 6.92 Å². The quantitative estimate of drug-likeness (QED) is 0.911. The molecule has 14 heavy (non-hydrogen) atoms. The molecule has 0 saturated heterocycles. The number of carboxylic acid groups (broad SMARTS) is 1. The predicted molar refractivity (Wildman–Crippen MR) is 52.2 cm³/mol. The van der Waals surface area contributed by atoms with Crippen LogP contribution in [0.3, 0.4) is 0 Å². The molecule has 0 radical (unpaired) electrons. The maximum Gasteiger partial charge on any atom is 0.339 e. The Kier molecular flexibility index (Phi) is 3.46. The first kappa shape index (κ1) is 11.0. The van der Waals surface area contributed by atoms with E-state index in [1.807, 2.05) is 0 Å². The fourth-order valence-electron chi connectivity index (χ4n) is 0.996. The number of carbonyl (C=O) groups is 1. The third-order valence-corrected chi connectivity index (χ3v) is 2.23. The Morgan fingerprint density at radius 1 is 1.64 bits per heavy atom. The van der Waals surface area contributed by atoms with Crippen molar-refractivity contribution in [2.24, 2.45) is 0 Å². The molecule has 0 aliphatic heterocycles. The third kappa shape index (κ3) is 2.04. The first-order valence-electron chi connectivity index (χ1n) is 3.92. The summed E-state index contributed by atoms with van der Waals surface area (Å²) in [6.07, 6.45) is 0. The van der Waals surface area contributed by atoms with Crippen molar-refractivity contribution in [2.45, 2.75) is 6.92 Å². The molecule has 0 heterocycles. The van der Waals surface area contributed by atoms with Gasteiger partial charge >= 0.3 is 5.97 Å². The highest BCUT2D eigenvalue weighted by atomic mass is 79.9. The average Bonchev–Trinajstić information content (AvgIpc) is 2.10. The van der Waals surface area contributed by atoms with Gasteiger partial charge < -0.3 is 9.84 Å². The molecule has 3 nitrogen and oxygen atoms in total. The molecule has 0 spiro atoms. The molecule has 0 amide bonds. The van der Waals surface area contributed by atoms with Gasteiger partial charge in [-0.2, -0.15) is 0 Å². The van der Waals surface area contributed by atoms with Gasteiger partial charge in [0.15, 0.2) is 11.6 Å². The first-order valence-corrected chi connectivity index (χ1v) is 4.71. The van der Waals surface area contributed by atoms with Gasteiger partial charge in [-0.05, 0) is 35.0 Å². The number of ether oxygens (including phenoxy) is 1. The molecular weight excluding hydrogens is 255 g/mol. The molecule has 0 bridgehead atoms. The first-order chi connectivity index (χ1) is 6.57. The van der Waals surface area contributed by atoms with Crippen LogP contribution in [0.25, 0.3) is 0 Å². The Morgan fingerprint density at radius 3 is 2.79 bits per heavy atom. The molecule has 0 atom stereocenters. The Labute approximate surface area is 88.6 Å². The summed E-state index contributed by atoms with van der Waals surface area (Å²) < 4.78 is 18.6. The van der Waals surface area contributed by atoms with Crippen molar-refractivity contribution in [3.63, 3.8) is 0 Å². The minimum Gasteiger partial charge on any atom is -0.491 e. The van der Waals surface area contributed by atoms with Crippen LogP contribution in [0.4, 0.5) is 4.39 Å². The normalized spacial score (nSPS) is 9.93. The zero-order chi connectivity index (χ0) is 10.7. The van der Waals surface area contributed by atoms with Gasteiger partial charge in [-0.1, -0.05) is 0 Å². The van der Waals surface area contributed by atoms with E-state index in [0.29, 0.717) is 0 Å². The van der Waals surface area contributed by atoms with E-state index in [2.05, 4.69) is 15.9 Å². The highest BCUT2D eigenvalue weighted by Crippen LogP contribution is 2.27. The predicted octanol–water partition coefficient (Wildman–Crippen LogP) is 2.69. The summed E-state index contributed by atoms with van der Waals surface area (Å²) in [6.45, 7) is 1.99. The van der Waals surface area contributed by atoms with E-state index in [0.717, 1.165) is 0 Å². The highest BCUT2D eigenvalue weighted by molar-refractivity contribution is 9.10. The fourth-order valence-corrected chi connectivity index (χ4v) is 1.47. The maximum absolute atomic E-state index is 13.4. The minimum atomic E-state index is -1.32. The summed E-state index contributed by atoms with van der Waals surface area (Å²) in [4.78, 5) is 10.7. The molecule has 0 unspecified atom stereocenters. The van der Waals surface area contributed by atoms with Crippen LogP contribution in [0.5, 0.6) is 5.75 Å². The zero-order valence-corrected chi connectivity index (χ0v) is 8.97. The smallest absolute Gasteiger partial charge is 0.339 e. The van der Waals surface area contributed by atoms with Crippen molar-refractivity contribution < 1.29 is 19.0 Å². The van der Waals surface area contributed by atoms with Crippen LogP contribution in [-0.4, -0.2) is 17.7 Å². The molecule has 1 aromatic carbocycles. The van der Waals surface area contributed by atoms with Crippen molar-refractivity contribution in [1.29, 1.82) is 0 Å². The highest BCUT2D eigenvalue weighted by Gasteiger charge is 2.18. The standard InChI is InChI=1S/C9H8BrFO3/c1-2-14-6-4-3-5(10)7(8(6)11)9(12)13/h3-4H,2H2,1H3,(H,12,13). The van der Waals surface area contributed by atoms with Crippen LogP contribution in [-0.2, 0) is 0 Å². The summed E-state index contributed by atoms with van der Waals surface area (Å²) >= 11 is 2.96. The van der Waals surface area contributed by atoms with Crippen LogP contribution in [0, 0.1) is 5.82 Å². The molecule has 0 saturated carbocycles. The molecule has 1 N–H and O–H groups in total. The van der Waals surface area contributed by atoms with Crippen molar-refractivity contribution in [3.05, 3.63) is 28.0 Å². The molecule has 0 fully saturated rings. The summed E-state index contributed by atoms with van der Waals surface area (Å²) in [7, 11) is 0. The van der Waals surface area contributed by atoms with Crippen LogP contribution in [0.2, 0.25) is 0 Å². The van der Waals surface area contributed by atoms with Crippen molar-refractivity contribution in [1.82, 2.24) is 0 Å². The Bertz CT molecular complexity index is 365. The maximum atomic E-state index is 13.4. The number of benzene rings is 1. The van der Waals surface area contributed by atoms with E-state index >= 15 is 0 Å². The average molecular weight is 263 g/mol. The number of aromatic carboxylic acids is 1. The van der Waals surface area contributed by atoms with Gasteiger partial charge in [-0.3, -0.25) is 0 Å². The SMILES string of the molecule is CCOc1ccc(Br)c(C(=O)O)c1F. The summed E-state index contributed by atoms with van der Waals surface area (Å²) in [5, 5.41) is 8.71. The minimum absolute atomic E-state index is 0.0481. The van der Waals surface area contributed by atoms with Gasteiger partial charge in [0.05, 0.1) is 6.61 Å². The van der Waals surface area contributed by atoms with Crippen molar-refractivity contribution >= 4 is 21.9 Å². The number of carboxylic acids is 1. The van der Waals surface area contributed by atoms with Crippen molar-refractivity contribution in [3.8, 4) is 5.75 Å². The van der Waals surface area contributed by atoms with Gasteiger partial charge in [0.2, 0.25) is 0 Å². The molecule has 5 heteroatoms. The van der Waals surface area contributed by atoms with Crippen LogP contribution in [0.15, 0.2) is 16.6 Å². The molecule has 76 valence electrons. The van der Waals surface area contributed by atoms with Gasteiger partial charge in [-0.25, -0.2) is 9.18 Å². The van der Waals surface area contributed by atoms with E-state index in [-0.39, 0.29) is 16.8 Å². The number of rotatable bonds is 3. The summed E-state index contributed by atoms with van der Waals surface area (Å²) in [6, 6.07) is 2.83. The second-order valence-electron chi connectivity index (χ2n) is 2.47. The lowest BCUT2D eigenvalue weighted by Crippen LogP contribution is -2.05. The number of hydrogen-bond acceptors (Lipinski definition) is 2. The van der Waals surface area contributed by atoms with Crippen molar-refractivity contribution in [2.75, 3.05) is 6.61 Å². The van der Waals surface area contributed by atoms with Gasteiger partial charge in [0.1, 0.15) is 5.56 Å². The lowest BCUT2D eigenvalue weighted by molar-refractivity contribution is 0.0689. The fraction of sp³-hybridized carbons (Fsp3) is 0.222. The number of hydrogen-bond donors (Lipinski definition) is 1. The topological polar surface area (TPSA) is 46.5 Å². The van der Waals surface area contributed by atoms with Crippen LogP contribution in [0.1, 0.15) is 17.3 Å². The molecule has 0 aliphatic carbocycles. The second-order valence-corrected chi connectivity index (χ2v) is 3.33. The largest absolute Gasteiger partial charge is 0.491 e. The van der Waals surface area contributed by atoms with Crippen LogP contribution < -0.4 is 4.74 Å². The van der Waals surface area contributed by atoms with Gasteiger partial charge in [-0.15, -0.1) is 0 Å². The molecule has 0 aromatic heterocycles. The van der Waals surface area contributed by atoms with E-state index in [4.69, 9.17) is 9.84 Å². The lowest BCUT2D eigenvalue weighted by Gasteiger charge is -2.07. The lowest BCUT2D eigenvalue weighted by atomic mass is 10.2. The van der Waals surface area contributed by atoms with E-state index in [9.17, 15) is 9.18 Å². The Hall–Kier alpha value is -1.10. The van der Waals surface area contributed by atoms with Gasteiger partial charge in [0, 0.05) is 4.47 Å². The molecule has 0 aliphatic rings. The Balaban J connectivity index is 3.26. The zero-order valence-electron chi connectivity index (χ0n) is 7.38. The number of halogens is 2. The van der Waals surface area contributed by atoms with Gasteiger partial charge in [0.25, 0.3) is 0 Å². The van der Waals surface area contributed by atoms with E-state index in [1.165, 1.54) is 12.1 Å². The molecular formula is C9H8BrFO3. The molecule has 1 aromatic rings. The third-order valence-electron chi connectivity index (χ3n) is 1.57. The summed E-state index contributed by atoms with van der Waals surface area (Å²) in [5.74, 6) is -2.22. The Morgan fingerprint density at radius 2 is 2.29 bits per heavy atom. The summed E-state index contributed by atoms with van der Waals surface area (Å²) in [5.41, 5.74) is -0.407.